The van der Waals surface area contributed by atoms with Gasteiger partial charge in [0.2, 0.25) is 0 Å². The zero-order valence-corrected chi connectivity index (χ0v) is 12.4. The van der Waals surface area contributed by atoms with E-state index in [4.69, 9.17) is 0 Å². The van der Waals surface area contributed by atoms with Crippen molar-refractivity contribution in [3.63, 3.8) is 0 Å². The molecule has 0 saturated heterocycles. The number of hydrogen-bond donors (Lipinski definition) is 1. The van der Waals surface area contributed by atoms with Gasteiger partial charge in [0.15, 0.2) is 0 Å². The van der Waals surface area contributed by atoms with Crippen LogP contribution in [0.1, 0.15) is 46.0 Å². The minimum Gasteiger partial charge on any atom is -0.383 e. The van der Waals surface area contributed by atoms with Crippen molar-refractivity contribution in [2.75, 3.05) is 18.4 Å². The van der Waals surface area contributed by atoms with E-state index in [1.807, 2.05) is 0 Å². The van der Waals surface area contributed by atoms with Crippen molar-refractivity contribution in [1.82, 2.24) is 4.90 Å². The molecule has 0 aromatic heterocycles. The normalized spacial score (nSPS) is 18.5. The summed E-state index contributed by atoms with van der Waals surface area (Å²) in [4.78, 5) is 2.69. The molecule has 1 aromatic rings. The molecule has 1 N–H and O–H groups in total. The minimum atomic E-state index is 0.605. The van der Waals surface area contributed by atoms with Crippen molar-refractivity contribution < 1.29 is 0 Å². The second kappa shape index (κ2) is 7.54. The Kier molecular flexibility index (Phi) is 5.71. The average molecular weight is 260 g/mol. The first-order valence-corrected chi connectivity index (χ1v) is 7.86. The predicted molar refractivity (Wildman–Crippen MR) is 83.6 cm³/mol. The summed E-state index contributed by atoms with van der Waals surface area (Å²) in [7, 11) is 0. The number of anilines is 1. The summed E-state index contributed by atoms with van der Waals surface area (Å²) in [5, 5.41) is 3.56. The average Bonchev–Trinajstić information content (AvgIpc) is 2.48. The molecule has 1 aliphatic carbocycles. The maximum Gasteiger partial charge on any atom is 0.0340 e. The fraction of sp³-hybridized carbons (Fsp3) is 0.647. The molecule has 1 saturated carbocycles. The number of nitrogens with one attached hydrogen (secondary N) is 1. The van der Waals surface area contributed by atoms with Crippen LogP contribution < -0.4 is 5.32 Å². The predicted octanol–water partition coefficient (Wildman–Crippen LogP) is 4.14. The van der Waals surface area contributed by atoms with E-state index in [0.29, 0.717) is 6.04 Å². The third-order valence-corrected chi connectivity index (χ3v) is 4.35. The molecule has 0 radical (unpaired) electrons. The number of likely N-dealkylation sites (N-methyl/N-ethyl adjacent to an activating group) is 1. The standard InChI is InChI=1S/C17H28N2/c1-3-19(17-12-8-5-9-13-17)15(2)14-18-16-10-6-4-7-11-16/h4,6-7,10-11,15,17-18H,3,5,8-9,12-14H2,1-2H3. The summed E-state index contributed by atoms with van der Waals surface area (Å²) in [5.41, 5.74) is 1.23. The van der Waals surface area contributed by atoms with Crippen molar-refractivity contribution in [2.45, 2.75) is 58.0 Å². The van der Waals surface area contributed by atoms with E-state index in [-0.39, 0.29) is 0 Å². The highest BCUT2D eigenvalue weighted by Crippen LogP contribution is 2.24. The molecule has 1 fully saturated rings. The lowest BCUT2D eigenvalue weighted by Crippen LogP contribution is -2.45. The van der Waals surface area contributed by atoms with Crippen LogP contribution >= 0.6 is 0 Å². The third kappa shape index (κ3) is 4.24. The maximum atomic E-state index is 3.56. The van der Waals surface area contributed by atoms with Crippen LogP contribution in [0.3, 0.4) is 0 Å². The van der Waals surface area contributed by atoms with E-state index in [9.17, 15) is 0 Å². The fourth-order valence-electron chi connectivity index (χ4n) is 3.28. The first-order chi connectivity index (χ1) is 9.31. The van der Waals surface area contributed by atoms with Gasteiger partial charge in [-0.2, -0.15) is 0 Å². The molecule has 1 atom stereocenters. The molecule has 106 valence electrons. The second-order valence-electron chi connectivity index (χ2n) is 5.72. The largest absolute Gasteiger partial charge is 0.383 e. The highest BCUT2D eigenvalue weighted by atomic mass is 15.2. The molecule has 2 nitrogen and oxygen atoms in total. The molecule has 1 unspecified atom stereocenters. The minimum absolute atomic E-state index is 0.605. The smallest absolute Gasteiger partial charge is 0.0340 e. The molecule has 0 aliphatic heterocycles. The molecule has 0 spiro atoms. The van der Waals surface area contributed by atoms with Crippen LogP contribution in [0.15, 0.2) is 30.3 Å². The van der Waals surface area contributed by atoms with Gasteiger partial charge in [-0.05, 0) is 38.4 Å². The van der Waals surface area contributed by atoms with Crippen molar-refractivity contribution in [3.05, 3.63) is 30.3 Å². The second-order valence-corrected chi connectivity index (χ2v) is 5.72. The topological polar surface area (TPSA) is 15.3 Å². The molecule has 2 heteroatoms. The lowest BCUT2D eigenvalue weighted by Gasteiger charge is -2.38. The Morgan fingerprint density at radius 3 is 2.47 bits per heavy atom. The van der Waals surface area contributed by atoms with E-state index in [2.05, 4.69) is 54.4 Å². The lowest BCUT2D eigenvalue weighted by atomic mass is 9.93. The molecule has 19 heavy (non-hydrogen) atoms. The number of rotatable bonds is 6. The quantitative estimate of drug-likeness (QED) is 0.827. The molecule has 2 rings (SSSR count). The van der Waals surface area contributed by atoms with Crippen LogP contribution in [0.4, 0.5) is 5.69 Å². The van der Waals surface area contributed by atoms with Gasteiger partial charge < -0.3 is 5.32 Å². The van der Waals surface area contributed by atoms with Gasteiger partial charge in [0, 0.05) is 24.3 Å². The van der Waals surface area contributed by atoms with Gasteiger partial charge in [-0.25, -0.2) is 0 Å². The summed E-state index contributed by atoms with van der Waals surface area (Å²) in [5.74, 6) is 0. The zero-order chi connectivity index (χ0) is 13.5. The molecule has 1 aliphatic rings. The maximum absolute atomic E-state index is 3.56. The highest BCUT2D eigenvalue weighted by Gasteiger charge is 2.23. The number of hydrogen-bond acceptors (Lipinski definition) is 2. The molecular weight excluding hydrogens is 232 g/mol. The van der Waals surface area contributed by atoms with Crippen LogP contribution in [0.25, 0.3) is 0 Å². The van der Waals surface area contributed by atoms with Crippen LogP contribution in [-0.2, 0) is 0 Å². The first-order valence-electron chi connectivity index (χ1n) is 7.86. The monoisotopic (exact) mass is 260 g/mol. The van der Waals surface area contributed by atoms with E-state index >= 15 is 0 Å². The summed E-state index contributed by atoms with van der Waals surface area (Å²) < 4.78 is 0. The SMILES string of the molecule is CCN(C(C)CNc1ccccc1)C1CCCCC1. The molecular formula is C17H28N2. The van der Waals surface area contributed by atoms with E-state index in [1.54, 1.807) is 0 Å². The summed E-state index contributed by atoms with van der Waals surface area (Å²) in [6.07, 6.45) is 7.05. The summed E-state index contributed by atoms with van der Waals surface area (Å²) in [6, 6.07) is 11.9. The highest BCUT2D eigenvalue weighted by molar-refractivity contribution is 5.42. The Labute approximate surface area is 118 Å². The summed E-state index contributed by atoms with van der Waals surface area (Å²) in [6.45, 7) is 6.86. The van der Waals surface area contributed by atoms with Gasteiger partial charge in [0.1, 0.15) is 0 Å². The van der Waals surface area contributed by atoms with Crippen molar-refractivity contribution in [1.29, 1.82) is 0 Å². The number of nitrogens with zero attached hydrogens (tertiary/aromatic N) is 1. The number of benzene rings is 1. The van der Waals surface area contributed by atoms with Crippen LogP contribution in [0.5, 0.6) is 0 Å². The molecule has 0 bridgehead atoms. The van der Waals surface area contributed by atoms with Gasteiger partial charge in [0.05, 0.1) is 0 Å². The Morgan fingerprint density at radius 2 is 1.84 bits per heavy atom. The number of para-hydroxylation sites is 1. The Morgan fingerprint density at radius 1 is 1.16 bits per heavy atom. The first kappa shape index (κ1) is 14.4. The van der Waals surface area contributed by atoms with E-state index in [1.165, 1.54) is 44.3 Å². The van der Waals surface area contributed by atoms with Crippen LogP contribution in [0, 0.1) is 0 Å². The lowest BCUT2D eigenvalue weighted by molar-refractivity contribution is 0.125. The van der Waals surface area contributed by atoms with E-state index in [0.717, 1.165) is 12.6 Å². The van der Waals surface area contributed by atoms with Crippen molar-refractivity contribution >= 4 is 5.69 Å². The van der Waals surface area contributed by atoms with Crippen LogP contribution in [0.2, 0.25) is 0 Å². The summed E-state index contributed by atoms with van der Waals surface area (Å²) >= 11 is 0. The van der Waals surface area contributed by atoms with E-state index < -0.39 is 0 Å². The fourth-order valence-corrected chi connectivity index (χ4v) is 3.28. The van der Waals surface area contributed by atoms with Gasteiger partial charge in [0.25, 0.3) is 0 Å². The van der Waals surface area contributed by atoms with Crippen molar-refractivity contribution in [2.24, 2.45) is 0 Å². The van der Waals surface area contributed by atoms with Crippen LogP contribution in [-0.4, -0.2) is 30.1 Å². The molecule has 0 amide bonds. The van der Waals surface area contributed by atoms with Crippen molar-refractivity contribution in [3.8, 4) is 0 Å². The Bertz CT molecular complexity index is 344. The van der Waals surface area contributed by atoms with Gasteiger partial charge in [-0.1, -0.05) is 44.4 Å². The third-order valence-electron chi connectivity index (χ3n) is 4.35. The van der Waals surface area contributed by atoms with Gasteiger partial charge in [-0.3, -0.25) is 4.90 Å². The van der Waals surface area contributed by atoms with Gasteiger partial charge >= 0.3 is 0 Å². The Hall–Kier alpha value is -1.02. The Balaban J connectivity index is 1.84. The van der Waals surface area contributed by atoms with Gasteiger partial charge in [-0.15, -0.1) is 0 Å². The molecule has 0 heterocycles. The zero-order valence-electron chi connectivity index (χ0n) is 12.4. The molecule has 1 aromatic carbocycles.